The first-order valence-corrected chi connectivity index (χ1v) is 8.51. The maximum atomic E-state index is 12.1. The van der Waals surface area contributed by atoms with Gasteiger partial charge in [-0.15, -0.1) is 11.3 Å². The van der Waals surface area contributed by atoms with Crippen LogP contribution in [-0.2, 0) is 23.0 Å². The largest absolute Gasteiger partial charge is 0.326 e. The van der Waals surface area contributed by atoms with Crippen molar-refractivity contribution in [3.05, 3.63) is 46.6 Å². The smallest absolute Gasteiger partial charge is 0.250 e. The lowest BCUT2D eigenvalue weighted by molar-refractivity contribution is 0.583. The molecule has 2 heterocycles. The summed E-state index contributed by atoms with van der Waals surface area (Å²) in [6.45, 7) is 2.58. The van der Waals surface area contributed by atoms with Gasteiger partial charge in [-0.3, -0.25) is 4.98 Å². The third-order valence-electron chi connectivity index (χ3n) is 2.88. The Labute approximate surface area is 122 Å². The number of nitrogens with zero attached hydrogens (tertiary/aromatic N) is 1. The molecule has 2 rings (SSSR count). The number of hydrogen-bond donors (Lipinski definition) is 2. The first kappa shape index (κ1) is 15.1. The van der Waals surface area contributed by atoms with E-state index in [1.807, 2.05) is 19.1 Å². The molecule has 0 atom stereocenters. The van der Waals surface area contributed by atoms with E-state index in [4.69, 9.17) is 5.73 Å². The van der Waals surface area contributed by atoms with Crippen molar-refractivity contribution < 1.29 is 8.42 Å². The van der Waals surface area contributed by atoms with Gasteiger partial charge in [0.05, 0.1) is 0 Å². The van der Waals surface area contributed by atoms with E-state index in [9.17, 15) is 8.42 Å². The molecule has 0 aliphatic heterocycles. The molecular formula is C13H17N3O2S2. The number of sulfonamides is 1. The highest BCUT2D eigenvalue weighted by atomic mass is 32.2. The first-order valence-electron chi connectivity index (χ1n) is 6.21. The molecule has 0 radical (unpaired) electrons. The normalized spacial score (nSPS) is 11.7. The van der Waals surface area contributed by atoms with E-state index in [-0.39, 0.29) is 0 Å². The van der Waals surface area contributed by atoms with Gasteiger partial charge in [0, 0.05) is 30.4 Å². The van der Waals surface area contributed by atoms with Gasteiger partial charge in [0.15, 0.2) is 0 Å². The van der Waals surface area contributed by atoms with Crippen LogP contribution < -0.4 is 10.5 Å². The van der Waals surface area contributed by atoms with Crippen molar-refractivity contribution in [3.63, 3.8) is 0 Å². The number of thiophene rings is 1. The average Bonchev–Trinajstić information content (AvgIpc) is 2.82. The SMILES string of the molecule is Cc1cc(S(=O)(=O)NCCc2cccnc2)sc1CN. The number of hydrogen-bond acceptors (Lipinski definition) is 5. The summed E-state index contributed by atoms with van der Waals surface area (Å²) in [7, 11) is -3.45. The second kappa shape index (κ2) is 6.45. The molecule has 5 nitrogen and oxygen atoms in total. The molecule has 0 saturated carbocycles. The van der Waals surface area contributed by atoms with Gasteiger partial charge >= 0.3 is 0 Å². The molecule has 0 aliphatic carbocycles. The predicted molar refractivity (Wildman–Crippen MR) is 80.1 cm³/mol. The number of rotatable bonds is 6. The Morgan fingerprint density at radius 3 is 2.85 bits per heavy atom. The summed E-state index contributed by atoms with van der Waals surface area (Å²) >= 11 is 1.22. The Balaban J connectivity index is 2.00. The molecule has 0 fully saturated rings. The fourth-order valence-corrected chi connectivity index (χ4v) is 4.31. The number of pyridine rings is 1. The molecule has 0 spiro atoms. The lowest BCUT2D eigenvalue weighted by Crippen LogP contribution is -2.25. The van der Waals surface area contributed by atoms with E-state index in [1.54, 1.807) is 18.5 Å². The molecule has 2 aromatic rings. The van der Waals surface area contributed by atoms with Crippen LogP contribution in [0.15, 0.2) is 34.8 Å². The van der Waals surface area contributed by atoms with Crippen LogP contribution in [0, 0.1) is 6.92 Å². The Kier molecular flexibility index (Phi) is 4.87. The van der Waals surface area contributed by atoms with E-state index in [0.717, 1.165) is 16.0 Å². The molecular weight excluding hydrogens is 294 g/mol. The molecule has 2 aromatic heterocycles. The van der Waals surface area contributed by atoms with E-state index in [1.165, 1.54) is 11.3 Å². The quantitative estimate of drug-likeness (QED) is 0.845. The zero-order valence-electron chi connectivity index (χ0n) is 11.2. The van der Waals surface area contributed by atoms with Crippen molar-refractivity contribution in [3.8, 4) is 0 Å². The minimum absolute atomic E-state index is 0.321. The van der Waals surface area contributed by atoms with Crippen LogP contribution in [-0.4, -0.2) is 19.9 Å². The van der Waals surface area contributed by atoms with Crippen LogP contribution in [0.25, 0.3) is 0 Å². The van der Waals surface area contributed by atoms with E-state index in [2.05, 4.69) is 9.71 Å². The summed E-state index contributed by atoms with van der Waals surface area (Å²) in [5.74, 6) is 0. The van der Waals surface area contributed by atoms with Crippen molar-refractivity contribution in [1.82, 2.24) is 9.71 Å². The van der Waals surface area contributed by atoms with Gasteiger partial charge in [-0.05, 0) is 36.6 Å². The molecule has 3 N–H and O–H groups in total. The highest BCUT2D eigenvalue weighted by Crippen LogP contribution is 2.25. The number of nitrogens with two attached hydrogens (primary N) is 1. The fourth-order valence-electron chi connectivity index (χ4n) is 1.77. The molecule has 0 saturated heterocycles. The lowest BCUT2D eigenvalue weighted by Gasteiger charge is -2.04. The molecule has 0 aliphatic rings. The third-order valence-corrected chi connectivity index (χ3v) is 6.07. The average molecular weight is 311 g/mol. The second-order valence-corrected chi connectivity index (χ2v) is 7.52. The highest BCUT2D eigenvalue weighted by molar-refractivity contribution is 7.91. The predicted octanol–water partition coefficient (Wildman–Crippen LogP) is 1.43. The zero-order chi connectivity index (χ0) is 14.6. The summed E-state index contributed by atoms with van der Waals surface area (Å²) in [5, 5.41) is 0. The summed E-state index contributed by atoms with van der Waals surface area (Å²) in [4.78, 5) is 4.90. The number of nitrogens with one attached hydrogen (secondary N) is 1. The molecule has 108 valence electrons. The van der Waals surface area contributed by atoms with Crippen LogP contribution in [0.3, 0.4) is 0 Å². The van der Waals surface area contributed by atoms with E-state index >= 15 is 0 Å². The maximum Gasteiger partial charge on any atom is 0.250 e. The van der Waals surface area contributed by atoms with Gasteiger partial charge in [0.25, 0.3) is 0 Å². The van der Waals surface area contributed by atoms with Crippen molar-refractivity contribution >= 4 is 21.4 Å². The molecule has 0 aromatic carbocycles. The van der Waals surface area contributed by atoms with Crippen molar-refractivity contribution in [2.45, 2.75) is 24.1 Å². The summed E-state index contributed by atoms with van der Waals surface area (Å²) in [6.07, 6.45) is 4.04. The van der Waals surface area contributed by atoms with Crippen LogP contribution >= 0.6 is 11.3 Å². The van der Waals surface area contributed by atoms with Gasteiger partial charge in [-0.25, -0.2) is 13.1 Å². The Bertz CT molecular complexity index is 666. The van der Waals surface area contributed by atoms with Crippen LogP contribution in [0.4, 0.5) is 0 Å². The topological polar surface area (TPSA) is 85.1 Å². The van der Waals surface area contributed by atoms with Crippen molar-refractivity contribution in [2.24, 2.45) is 5.73 Å². The van der Waals surface area contributed by atoms with Gasteiger partial charge in [0.2, 0.25) is 10.0 Å². The number of aryl methyl sites for hydroxylation is 1. The zero-order valence-corrected chi connectivity index (χ0v) is 12.8. The van der Waals surface area contributed by atoms with Crippen molar-refractivity contribution in [1.29, 1.82) is 0 Å². The van der Waals surface area contributed by atoms with Gasteiger partial charge in [-0.2, -0.15) is 0 Å². The minimum Gasteiger partial charge on any atom is -0.326 e. The van der Waals surface area contributed by atoms with E-state index in [0.29, 0.717) is 23.7 Å². The minimum atomic E-state index is -3.45. The lowest BCUT2D eigenvalue weighted by atomic mass is 10.2. The van der Waals surface area contributed by atoms with Crippen LogP contribution in [0.1, 0.15) is 16.0 Å². The van der Waals surface area contributed by atoms with Crippen LogP contribution in [0.2, 0.25) is 0 Å². The molecule has 0 unspecified atom stereocenters. The number of aromatic nitrogens is 1. The van der Waals surface area contributed by atoms with E-state index < -0.39 is 10.0 Å². The Morgan fingerprint density at radius 1 is 1.45 bits per heavy atom. The highest BCUT2D eigenvalue weighted by Gasteiger charge is 2.17. The van der Waals surface area contributed by atoms with Crippen molar-refractivity contribution in [2.75, 3.05) is 6.54 Å². The molecule has 20 heavy (non-hydrogen) atoms. The fraction of sp³-hybridized carbons (Fsp3) is 0.308. The first-order chi connectivity index (χ1) is 9.53. The Hall–Kier alpha value is -1.28. The summed E-state index contributed by atoms with van der Waals surface area (Å²) in [5.41, 5.74) is 7.49. The summed E-state index contributed by atoms with van der Waals surface area (Å²) in [6, 6.07) is 5.42. The molecule has 7 heteroatoms. The van der Waals surface area contributed by atoms with Crippen LogP contribution in [0.5, 0.6) is 0 Å². The van der Waals surface area contributed by atoms with Gasteiger partial charge in [0.1, 0.15) is 4.21 Å². The Morgan fingerprint density at radius 2 is 2.25 bits per heavy atom. The standard InChI is InChI=1S/C13H17N3O2S2/c1-10-7-13(19-12(10)8-14)20(17,18)16-6-4-11-3-2-5-15-9-11/h2-3,5,7,9,16H,4,6,8,14H2,1H3. The monoisotopic (exact) mass is 311 g/mol. The maximum absolute atomic E-state index is 12.1. The van der Waals surface area contributed by atoms with Gasteiger partial charge < -0.3 is 5.73 Å². The van der Waals surface area contributed by atoms with Gasteiger partial charge in [-0.1, -0.05) is 6.07 Å². The third kappa shape index (κ3) is 3.63. The molecule has 0 bridgehead atoms. The molecule has 0 amide bonds. The second-order valence-electron chi connectivity index (χ2n) is 4.38. The summed E-state index contributed by atoms with van der Waals surface area (Å²) < 4.78 is 27.2.